The molecule has 0 saturated heterocycles. The molecule has 0 unspecified atom stereocenters. The van der Waals surface area contributed by atoms with Gasteiger partial charge in [0.2, 0.25) is 0 Å². The van der Waals surface area contributed by atoms with Crippen molar-refractivity contribution in [2.24, 2.45) is 0 Å². The number of carbonyl (C=O) groups is 1. The molecule has 0 aliphatic carbocycles. The Kier molecular flexibility index (Phi) is 4.79. The zero-order valence-corrected chi connectivity index (χ0v) is 11.7. The maximum Gasteiger partial charge on any atom is 0.328 e. The zero-order valence-electron chi connectivity index (χ0n) is 10.9. The maximum absolute atomic E-state index is 10.6. The molecule has 0 aliphatic heterocycles. The van der Waals surface area contributed by atoms with E-state index in [-0.39, 0.29) is 0 Å². The Morgan fingerprint density at radius 1 is 1.40 bits per heavy atom. The molecule has 104 valence electrons. The molecule has 0 aliphatic rings. The van der Waals surface area contributed by atoms with Crippen LogP contribution in [0.15, 0.2) is 41.8 Å². The molecule has 1 aromatic heterocycles. The summed E-state index contributed by atoms with van der Waals surface area (Å²) in [4.78, 5) is 11.7. The summed E-state index contributed by atoms with van der Waals surface area (Å²) in [5.74, 6) is 0.263. The van der Waals surface area contributed by atoms with Crippen LogP contribution in [0, 0.1) is 0 Å². The molecule has 5 heteroatoms. The molecule has 20 heavy (non-hydrogen) atoms. The van der Waals surface area contributed by atoms with Crippen LogP contribution in [0.3, 0.4) is 0 Å². The van der Waals surface area contributed by atoms with E-state index in [1.54, 1.807) is 36.6 Å². The molecular formula is C15H14O4S. The van der Waals surface area contributed by atoms with Gasteiger partial charge < -0.3 is 14.6 Å². The second kappa shape index (κ2) is 6.77. The summed E-state index contributed by atoms with van der Waals surface area (Å²) in [6.45, 7) is 0.443. The average Bonchev–Trinajstić information content (AvgIpc) is 2.96. The van der Waals surface area contributed by atoms with Gasteiger partial charge >= 0.3 is 5.97 Å². The van der Waals surface area contributed by atoms with Crippen molar-refractivity contribution in [2.75, 3.05) is 7.11 Å². The lowest BCUT2D eigenvalue weighted by molar-refractivity contribution is -0.131. The van der Waals surface area contributed by atoms with E-state index in [4.69, 9.17) is 14.6 Å². The van der Waals surface area contributed by atoms with E-state index >= 15 is 0 Å². The van der Waals surface area contributed by atoms with Gasteiger partial charge in [-0.3, -0.25) is 0 Å². The molecule has 2 rings (SSSR count). The first kappa shape index (κ1) is 14.1. The lowest BCUT2D eigenvalue weighted by atomic mass is 10.1. The highest BCUT2D eigenvalue weighted by Crippen LogP contribution is 2.27. The van der Waals surface area contributed by atoms with Gasteiger partial charge in [-0.15, -0.1) is 11.3 Å². The average molecular weight is 290 g/mol. The highest BCUT2D eigenvalue weighted by atomic mass is 32.1. The highest BCUT2D eigenvalue weighted by Gasteiger charge is 2.05. The van der Waals surface area contributed by atoms with E-state index in [9.17, 15) is 4.79 Å². The quantitative estimate of drug-likeness (QED) is 0.828. The first-order chi connectivity index (χ1) is 9.69. The summed E-state index contributed by atoms with van der Waals surface area (Å²) >= 11 is 1.61. The van der Waals surface area contributed by atoms with Crippen LogP contribution in [0.5, 0.6) is 11.5 Å². The molecule has 0 fully saturated rings. The maximum atomic E-state index is 10.6. The van der Waals surface area contributed by atoms with Gasteiger partial charge in [-0.2, -0.15) is 0 Å². The molecule has 0 saturated carbocycles. The Labute approximate surface area is 120 Å². The van der Waals surface area contributed by atoms with Crippen molar-refractivity contribution in [1.82, 2.24) is 0 Å². The Morgan fingerprint density at radius 2 is 2.25 bits per heavy atom. The van der Waals surface area contributed by atoms with Crippen LogP contribution in [0.4, 0.5) is 0 Å². The van der Waals surface area contributed by atoms with Crippen LogP contribution in [-0.4, -0.2) is 18.2 Å². The molecule has 4 nitrogen and oxygen atoms in total. The number of hydrogen-bond acceptors (Lipinski definition) is 4. The van der Waals surface area contributed by atoms with Crippen LogP contribution in [0.1, 0.15) is 10.4 Å². The zero-order chi connectivity index (χ0) is 14.4. The molecule has 1 N–H and O–H groups in total. The number of hydrogen-bond donors (Lipinski definition) is 1. The van der Waals surface area contributed by atoms with Gasteiger partial charge in [0, 0.05) is 22.6 Å². The summed E-state index contributed by atoms with van der Waals surface area (Å²) in [5, 5.41) is 10.7. The van der Waals surface area contributed by atoms with Gasteiger partial charge in [0.25, 0.3) is 0 Å². The van der Waals surface area contributed by atoms with Crippen molar-refractivity contribution in [3.8, 4) is 11.5 Å². The van der Waals surface area contributed by atoms with Crippen molar-refractivity contribution in [3.63, 3.8) is 0 Å². The summed E-state index contributed by atoms with van der Waals surface area (Å²) in [7, 11) is 1.57. The van der Waals surface area contributed by atoms with Crippen molar-refractivity contribution in [3.05, 3.63) is 52.2 Å². The number of thiophene rings is 1. The smallest absolute Gasteiger partial charge is 0.328 e. The molecule has 0 radical (unpaired) electrons. The van der Waals surface area contributed by atoms with Crippen molar-refractivity contribution in [1.29, 1.82) is 0 Å². The van der Waals surface area contributed by atoms with Gasteiger partial charge in [-0.05, 0) is 29.7 Å². The van der Waals surface area contributed by atoms with E-state index < -0.39 is 5.97 Å². The highest BCUT2D eigenvalue weighted by molar-refractivity contribution is 7.09. The lowest BCUT2D eigenvalue weighted by Crippen LogP contribution is -1.96. The third-order valence-corrected chi connectivity index (χ3v) is 3.43. The Hall–Kier alpha value is -2.27. The Bertz CT molecular complexity index is 602. The van der Waals surface area contributed by atoms with Crippen molar-refractivity contribution < 1.29 is 19.4 Å². The fourth-order valence-electron chi connectivity index (χ4n) is 1.61. The summed E-state index contributed by atoms with van der Waals surface area (Å²) in [6.07, 6.45) is 2.59. The number of rotatable bonds is 6. The van der Waals surface area contributed by atoms with Gasteiger partial charge in [0.05, 0.1) is 7.11 Å². The number of benzene rings is 1. The first-order valence-electron chi connectivity index (χ1n) is 5.93. The number of carboxylic acids is 1. The number of methoxy groups -OCH3 is 1. The second-order valence-corrected chi connectivity index (χ2v) is 4.98. The minimum Gasteiger partial charge on any atom is -0.497 e. The second-order valence-electron chi connectivity index (χ2n) is 3.94. The van der Waals surface area contributed by atoms with Crippen LogP contribution >= 0.6 is 11.3 Å². The standard InChI is InChI=1S/C15H14O4S/c1-18-12-6-4-11(5-7-15(16)17)14(9-12)19-10-13-3-2-8-20-13/h2-9H,10H2,1H3,(H,16,17). The largest absolute Gasteiger partial charge is 0.497 e. The first-order valence-corrected chi connectivity index (χ1v) is 6.81. The molecule has 0 amide bonds. The lowest BCUT2D eigenvalue weighted by Gasteiger charge is -2.10. The Morgan fingerprint density at radius 3 is 2.90 bits per heavy atom. The van der Waals surface area contributed by atoms with E-state index in [1.165, 1.54) is 6.08 Å². The van der Waals surface area contributed by atoms with E-state index in [0.717, 1.165) is 11.0 Å². The van der Waals surface area contributed by atoms with Gasteiger partial charge in [-0.25, -0.2) is 4.79 Å². The number of ether oxygens (including phenoxy) is 2. The third kappa shape index (κ3) is 3.86. The summed E-state index contributed by atoms with van der Waals surface area (Å²) < 4.78 is 10.9. The fraction of sp³-hybridized carbons (Fsp3) is 0.133. The molecule has 1 heterocycles. The normalized spacial score (nSPS) is 10.7. The van der Waals surface area contributed by atoms with Crippen LogP contribution in [-0.2, 0) is 11.4 Å². The third-order valence-electron chi connectivity index (χ3n) is 2.58. The van der Waals surface area contributed by atoms with E-state index in [2.05, 4.69) is 0 Å². The van der Waals surface area contributed by atoms with Crippen molar-refractivity contribution in [2.45, 2.75) is 6.61 Å². The molecule has 0 spiro atoms. The molecule has 1 aromatic carbocycles. The van der Waals surface area contributed by atoms with Gasteiger partial charge in [0.15, 0.2) is 0 Å². The Balaban J connectivity index is 2.20. The van der Waals surface area contributed by atoms with Crippen molar-refractivity contribution >= 4 is 23.4 Å². The summed E-state index contributed by atoms with van der Waals surface area (Å²) in [6, 6.07) is 9.22. The topological polar surface area (TPSA) is 55.8 Å². The van der Waals surface area contributed by atoms with Crippen LogP contribution in [0.25, 0.3) is 6.08 Å². The molecule has 0 bridgehead atoms. The van der Waals surface area contributed by atoms with Crippen LogP contribution < -0.4 is 9.47 Å². The predicted molar refractivity (Wildman–Crippen MR) is 78.3 cm³/mol. The summed E-state index contributed by atoms with van der Waals surface area (Å²) in [5.41, 5.74) is 0.699. The fourth-order valence-corrected chi connectivity index (χ4v) is 2.23. The monoisotopic (exact) mass is 290 g/mol. The number of aliphatic carboxylic acids is 1. The molecular weight excluding hydrogens is 276 g/mol. The minimum atomic E-state index is -0.995. The minimum absolute atomic E-state index is 0.443. The van der Waals surface area contributed by atoms with Gasteiger partial charge in [-0.1, -0.05) is 6.07 Å². The molecule has 2 aromatic rings. The van der Waals surface area contributed by atoms with Crippen LogP contribution in [0.2, 0.25) is 0 Å². The van der Waals surface area contributed by atoms with E-state index in [0.29, 0.717) is 23.7 Å². The van der Waals surface area contributed by atoms with E-state index in [1.807, 2.05) is 17.5 Å². The SMILES string of the molecule is COc1ccc(C=CC(=O)O)c(OCc2cccs2)c1. The number of carboxylic acid groups (broad SMARTS) is 1. The predicted octanol–water partition coefficient (Wildman–Crippen LogP) is 3.43. The molecule has 0 atom stereocenters. The van der Waals surface area contributed by atoms with Gasteiger partial charge in [0.1, 0.15) is 18.1 Å².